The lowest BCUT2D eigenvalue weighted by Gasteiger charge is -2.25. The average molecular weight is 245 g/mol. The quantitative estimate of drug-likeness (QED) is 0.463. The Balaban J connectivity index is 0.000000583. The first-order valence-corrected chi connectivity index (χ1v) is 5.54. The van der Waals surface area contributed by atoms with Gasteiger partial charge in [0.25, 0.3) is 0 Å². The second kappa shape index (κ2) is 11.6. The van der Waals surface area contributed by atoms with Crippen LogP contribution in [0.3, 0.4) is 0 Å². The minimum Gasteiger partial charge on any atom is -0.379 e. The summed E-state index contributed by atoms with van der Waals surface area (Å²) in [6.07, 6.45) is 1.07. The van der Waals surface area contributed by atoms with E-state index >= 15 is 0 Å². The van der Waals surface area contributed by atoms with Gasteiger partial charge in [0.1, 0.15) is 0 Å². The zero-order chi connectivity index (χ0) is 11.4. The smallest absolute Gasteiger partial charge is 0.0594 e. The van der Waals surface area contributed by atoms with Gasteiger partial charge in [-0.05, 0) is 30.9 Å². The summed E-state index contributed by atoms with van der Waals surface area (Å²) >= 11 is 8.28. The highest BCUT2D eigenvalue weighted by Gasteiger charge is 2.08. The van der Waals surface area contributed by atoms with Gasteiger partial charge in [0.2, 0.25) is 0 Å². The van der Waals surface area contributed by atoms with Crippen molar-refractivity contribution < 1.29 is 4.74 Å². The lowest BCUT2D eigenvalue weighted by Crippen LogP contribution is -2.37. The molecule has 1 N–H and O–H groups in total. The van der Waals surface area contributed by atoms with Gasteiger partial charge in [-0.15, -0.1) is 0 Å². The maximum atomic E-state index is 5.77. The van der Waals surface area contributed by atoms with Gasteiger partial charge in [-0.3, -0.25) is 4.90 Å². The molecule has 1 saturated heterocycles. The van der Waals surface area contributed by atoms with E-state index in [0.29, 0.717) is 0 Å². The van der Waals surface area contributed by atoms with Crippen molar-refractivity contribution in [3.8, 4) is 0 Å². The van der Waals surface area contributed by atoms with Crippen LogP contribution in [-0.4, -0.2) is 54.6 Å². The molecule has 1 heterocycles. The maximum absolute atomic E-state index is 5.77. The van der Waals surface area contributed by atoms with Crippen LogP contribution in [0, 0.1) is 5.41 Å². The first-order chi connectivity index (χ1) is 7.35. The molecular formula is C9H15N3OS2. The predicted molar refractivity (Wildman–Crippen MR) is 67.1 cm³/mol. The molecule has 0 amide bonds. The van der Waals surface area contributed by atoms with Crippen molar-refractivity contribution in [3.05, 3.63) is 0 Å². The molecule has 0 bridgehead atoms. The molecule has 0 radical (unpaired) electrons. The van der Waals surface area contributed by atoms with Crippen LogP contribution in [0.4, 0.5) is 0 Å². The van der Waals surface area contributed by atoms with Gasteiger partial charge in [0.05, 0.1) is 30.1 Å². The fourth-order valence-electron chi connectivity index (χ4n) is 1.24. The number of rotatable bonds is 4. The summed E-state index contributed by atoms with van der Waals surface area (Å²) in [5, 5.41) is 9.73. The Kier molecular flexibility index (Phi) is 11.2. The van der Waals surface area contributed by atoms with Crippen molar-refractivity contribution in [2.45, 2.75) is 6.42 Å². The number of nitrogens with one attached hydrogen (secondary N) is 1. The number of morpholine rings is 1. The third-order valence-electron chi connectivity index (χ3n) is 1.91. The fraction of sp³-hybridized carbons (Fsp3) is 0.778. The molecule has 0 atom stereocenters. The molecule has 1 fully saturated rings. The summed E-state index contributed by atoms with van der Waals surface area (Å²) < 4.78 is 5.23. The van der Waals surface area contributed by atoms with Crippen molar-refractivity contribution in [3.63, 3.8) is 0 Å². The highest BCUT2D eigenvalue weighted by molar-refractivity contribution is 7.78. The van der Waals surface area contributed by atoms with Crippen LogP contribution in [0.15, 0.2) is 4.99 Å². The zero-order valence-electron chi connectivity index (χ0n) is 8.57. The number of isothiocyanates is 2. The minimum absolute atomic E-state index is 0.806. The third kappa shape index (κ3) is 9.82. The number of hydrogen-bond donors (Lipinski definition) is 1. The van der Waals surface area contributed by atoms with Gasteiger partial charge in [0, 0.05) is 19.6 Å². The molecule has 15 heavy (non-hydrogen) atoms. The molecule has 0 unspecified atom stereocenters. The van der Waals surface area contributed by atoms with E-state index in [4.69, 9.17) is 10.1 Å². The fourth-order valence-corrected chi connectivity index (χ4v) is 1.34. The van der Waals surface area contributed by atoms with E-state index in [1.807, 2.05) is 0 Å². The second-order valence-corrected chi connectivity index (χ2v) is 3.27. The number of hydrogen-bond acceptors (Lipinski definition) is 6. The second-order valence-electron chi connectivity index (χ2n) is 2.88. The van der Waals surface area contributed by atoms with Crippen molar-refractivity contribution in [2.75, 3.05) is 39.4 Å². The van der Waals surface area contributed by atoms with Crippen LogP contribution in [0.5, 0.6) is 0 Å². The van der Waals surface area contributed by atoms with Crippen LogP contribution >= 0.6 is 24.4 Å². The summed E-state index contributed by atoms with van der Waals surface area (Å²) in [7, 11) is 0. The predicted octanol–water partition coefficient (Wildman–Crippen LogP) is 1.48. The SMILES string of the molecule is N=C=S.S=C=NCCCN1CCOCC1. The van der Waals surface area contributed by atoms with E-state index in [1.165, 1.54) is 0 Å². The van der Waals surface area contributed by atoms with Gasteiger partial charge in [-0.2, -0.15) is 0 Å². The van der Waals surface area contributed by atoms with Gasteiger partial charge < -0.3 is 4.74 Å². The number of aliphatic imine (C=N–C) groups is 1. The van der Waals surface area contributed by atoms with E-state index in [1.54, 1.807) is 5.16 Å². The van der Waals surface area contributed by atoms with Crippen molar-refractivity contribution in [1.29, 1.82) is 5.41 Å². The monoisotopic (exact) mass is 245 g/mol. The molecule has 4 nitrogen and oxygen atoms in total. The molecule has 0 saturated carbocycles. The highest BCUT2D eigenvalue weighted by Crippen LogP contribution is 1.97. The molecule has 0 spiro atoms. The number of thiocarbonyl (C=S) groups is 2. The molecule has 84 valence electrons. The van der Waals surface area contributed by atoms with Gasteiger partial charge in [0.15, 0.2) is 0 Å². The molecule has 1 rings (SSSR count). The Morgan fingerprint density at radius 3 is 2.47 bits per heavy atom. The normalized spacial score (nSPS) is 15.5. The summed E-state index contributed by atoms with van der Waals surface area (Å²) in [6.45, 7) is 5.76. The summed E-state index contributed by atoms with van der Waals surface area (Å²) in [5.74, 6) is 0. The average Bonchev–Trinajstić information content (AvgIpc) is 2.27. The first-order valence-electron chi connectivity index (χ1n) is 4.72. The summed E-state index contributed by atoms with van der Waals surface area (Å²) in [5.41, 5.74) is 0. The molecule has 1 aliphatic rings. The zero-order valence-corrected chi connectivity index (χ0v) is 10.2. The van der Waals surface area contributed by atoms with E-state index in [2.05, 4.69) is 39.5 Å². The van der Waals surface area contributed by atoms with Crippen LogP contribution < -0.4 is 0 Å². The number of ether oxygens (including phenoxy) is 1. The van der Waals surface area contributed by atoms with Crippen LogP contribution in [0.1, 0.15) is 6.42 Å². The van der Waals surface area contributed by atoms with E-state index in [9.17, 15) is 0 Å². The molecular weight excluding hydrogens is 230 g/mol. The summed E-state index contributed by atoms with van der Waals surface area (Å²) in [4.78, 5) is 6.25. The van der Waals surface area contributed by atoms with Crippen LogP contribution in [-0.2, 0) is 4.74 Å². The third-order valence-corrected chi connectivity index (χ3v) is 2.04. The molecule has 1 aliphatic heterocycles. The first kappa shape index (κ1) is 14.5. The minimum atomic E-state index is 0.806. The summed E-state index contributed by atoms with van der Waals surface area (Å²) in [6, 6.07) is 0. The molecule has 0 aliphatic carbocycles. The Labute approximate surface area is 101 Å². The largest absolute Gasteiger partial charge is 0.379 e. The molecule has 0 aromatic carbocycles. The highest BCUT2D eigenvalue weighted by atomic mass is 32.1. The van der Waals surface area contributed by atoms with E-state index in [0.717, 1.165) is 45.8 Å². The topological polar surface area (TPSA) is 48.7 Å². The maximum Gasteiger partial charge on any atom is 0.0594 e. The number of nitrogens with zero attached hydrogens (tertiary/aromatic N) is 2. The van der Waals surface area contributed by atoms with Crippen molar-refractivity contribution in [1.82, 2.24) is 4.90 Å². The molecule has 6 heteroatoms. The van der Waals surface area contributed by atoms with Gasteiger partial charge in [-0.25, -0.2) is 10.4 Å². The van der Waals surface area contributed by atoms with E-state index < -0.39 is 0 Å². The van der Waals surface area contributed by atoms with Gasteiger partial charge >= 0.3 is 0 Å². The van der Waals surface area contributed by atoms with Crippen molar-refractivity contribution >= 4 is 34.8 Å². The van der Waals surface area contributed by atoms with E-state index in [-0.39, 0.29) is 0 Å². The Morgan fingerprint density at radius 2 is 1.93 bits per heavy atom. The molecule has 0 aromatic heterocycles. The Bertz CT molecular complexity index is 230. The van der Waals surface area contributed by atoms with Crippen LogP contribution in [0.2, 0.25) is 0 Å². The Morgan fingerprint density at radius 1 is 1.33 bits per heavy atom. The standard InChI is InChI=1S/C8H14N2OS.CHNS/c12-8-9-2-1-3-10-4-6-11-7-5-10;2-1-3/h1-7H2;2H. The lowest BCUT2D eigenvalue weighted by molar-refractivity contribution is 0.0377. The van der Waals surface area contributed by atoms with Crippen LogP contribution in [0.25, 0.3) is 0 Å². The Hall–Kier alpha value is -0.480. The van der Waals surface area contributed by atoms with Gasteiger partial charge in [-0.1, -0.05) is 0 Å². The molecule has 0 aromatic rings. The van der Waals surface area contributed by atoms with Crippen molar-refractivity contribution in [2.24, 2.45) is 4.99 Å². The lowest BCUT2D eigenvalue weighted by atomic mass is 10.3.